The summed E-state index contributed by atoms with van der Waals surface area (Å²) in [5.74, 6) is 2.82. The van der Waals surface area contributed by atoms with Crippen LogP contribution in [0.25, 0.3) is 22.5 Å². The second-order valence-corrected chi connectivity index (χ2v) is 9.56. The zero-order valence-electron chi connectivity index (χ0n) is 22.4. The van der Waals surface area contributed by atoms with E-state index in [1.54, 1.807) is 14.2 Å². The molecule has 0 amide bonds. The summed E-state index contributed by atoms with van der Waals surface area (Å²) in [6.45, 7) is 7.73. The van der Waals surface area contributed by atoms with E-state index in [0.29, 0.717) is 19.0 Å². The van der Waals surface area contributed by atoms with Gasteiger partial charge < -0.3 is 18.9 Å². The summed E-state index contributed by atoms with van der Waals surface area (Å²) in [5.41, 5.74) is 5.65. The first-order valence-corrected chi connectivity index (χ1v) is 13.2. The van der Waals surface area contributed by atoms with E-state index < -0.39 is 0 Å². The Balaban J connectivity index is 1.44. The van der Waals surface area contributed by atoms with Crippen LogP contribution in [-0.4, -0.2) is 82.3 Å². The number of aryl methyl sites for hydroxylation is 1. The molecule has 2 aromatic heterocycles. The number of rotatable bonds is 12. The predicted octanol–water partition coefficient (Wildman–Crippen LogP) is 3.60. The number of imidazole rings is 1. The highest BCUT2D eigenvalue weighted by atomic mass is 16.5. The Morgan fingerprint density at radius 1 is 0.947 bits per heavy atom. The van der Waals surface area contributed by atoms with Crippen molar-refractivity contribution in [2.45, 2.75) is 32.9 Å². The predicted molar refractivity (Wildman–Crippen MR) is 147 cm³/mol. The van der Waals surface area contributed by atoms with Crippen molar-refractivity contribution in [3.63, 3.8) is 0 Å². The summed E-state index contributed by atoms with van der Waals surface area (Å²) >= 11 is 0. The Bertz CT molecular complexity index is 1300. The molecule has 200 valence electrons. The molecular formula is C28H36N8O2. The molecule has 4 aromatic rings. The molecule has 2 aromatic carbocycles. The molecule has 1 N–H and O–H groups in total. The number of ether oxygens (including phenoxy) is 2. The first-order chi connectivity index (χ1) is 18.7. The maximum atomic E-state index is 5.40. The average molecular weight is 517 g/mol. The van der Waals surface area contributed by atoms with Crippen molar-refractivity contribution in [3.8, 4) is 22.5 Å². The Hall–Kier alpha value is -3.60. The van der Waals surface area contributed by atoms with Crippen LogP contribution >= 0.6 is 0 Å². The molecule has 0 radical (unpaired) electrons. The van der Waals surface area contributed by atoms with Gasteiger partial charge >= 0.3 is 0 Å². The van der Waals surface area contributed by atoms with Gasteiger partial charge in [-0.25, -0.2) is 4.98 Å². The van der Waals surface area contributed by atoms with E-state index in [1.165, 1.54) is 11.3 Å². The summed E-state index contributed by atoms with van der Waals surface area (Å²) < 4.78 is 13.2. The number of hydrogen-bond acceptors (Lipinski definition) is 8. The van der Waals surface area contributed by atoms with Crippen molar-refractivity contribution < 1.29 is 9.47 Å². The fourth-order valence-corrected chi connectivity index (χ4v) is 5.03. The molecule has 0 bridgehead atoms. The minimum atomic E-state index is 0.593. The molecule has 0 spiro atoms. The molecule has 10 nitrogen and oxygen atoms in total. The van der Waals surface area contributed by atoms with Crippen LogP contribution in [-0.2, 0) is 29.0 Å². The molecule has 3 heterocycles. The molecule has 0 saturated heterocycles. The van der Waals surface area contributed by atoms with Crippen LogP contribution in [0, 0.1) is 0 Å². The number of nitrogens with zero attached hydrogens (tertiary/aromatic N) is 7. The van der Waals surface area contributed by atoms with Crippen LogP contribution in [0.3, 0.4) is 0 Å². The lowest BCUT2D eigenvalue weighted by atomic mass is 9.98. The second-order valence-electron chi connectivity index (χ2n) is 9.56. The zero-order valence-corrected chi connectivity index (χ0v) is 22.4. The van der Waals surface area contributed by atoms with Gasteiger partial charge in [-0.1, -0.05) is 55.5 Å². The third-order valence-corrected chi connectivity index (χ3v) is 6.94. The van der Waals surface area contributed by atoms with Gasteiger partial charge in [0.25, 0.3) is 0 Å². The minimum Gasteiger partial charge on any atom is -0.383 e. The Morgan fingerprint density at radius 2 is 1.71 bits per heavy atom. The molecule has 0 atom stereocenters. The Morgan fingerprint density at radius 3 is 2.42 bits per heavy atom. The molecular weight excluding hydrogens is 480 g/mol. The van der Waals surface area contributed by atoms with Gasteiger partial charge in [0, 0.05) is 52.4 Å². The van der Waals surface area contributed by atoms with Crippen LogP contribution in [0.1, 0.15) is 30.4 Å². The average Bonchev–Trinajstić information content (AvgIpc) is 3.60. The van der Waals surface area contributed by atoms with Gasteiger partial charge in [-0.3, -0.25) is 4.90 Å². The standard InChI is InChI=1S/C28H36N8O2/c1-4-7-26-29-28-25(19-34(14-16-37-2)20-35(28)15-17-38-3)36(26)18-21-10-12-22(13-11-21)23-8-5-6-9-24(23)27-30-32-33-31-27/h5-6,8-13H,4,7,14-20H2,1-3H3,(H,30,31,32,33). The minimum absolute atomic E-state index is 0.593. The molecule has 0 saturated carbocycles. The van der Waals surface area contributed by atoms with Crippen LogP contribution in [0.2, 0.25) is 0 Å². The lowest BCUT2D eigenvalue weighted by Gasteiger charge is -2.36. The summed E-state index contributed by atoms with van der Waals surface area (Å²) in [4.78, 5) is 9.91. The van der Waals surface area contributed by atoms with Gasteiger partial charge in [-0.15, -0.1) is 10.2 Å². The molecule has 1 aliphatic heterocycles. The maximum Gasteiger partial charge on any atom is 0.205 e. The van der Waals surface area contributed by atoms with Crippen molar-refractivity contribution in [2.75, 3.05) is 52.1 Å². The van der Waals surface area contributed by atoms with Gasteiger partial charge in [-0.05, 0) is 28.3 Å². The van der Waals surface area contributed by atoms with E-state index >= 15 is 0 Å². The second kappa shape index (κ2) is 12.3. The van der Waals surface area contributed by atoms with E-state index in [-0.39, 0.29) is 0 Å². The van der Waals surface area contributed by atoms with E-state index in [9.17, 15) is 0 Å². The number of methoxy groups -OCH3 is 2. The Labute approximate surface area is 223 Å². The first kappa shape index (κ1) is 26.0. The molecule has 0 aliphatic carbocycles. The molecule has 38 heavy (non-hydrogen) atoms. The lowest BCUT2D eigenvalue weighted by molar-refractivity contribution is 0.135. The summed E-state index contributed by atoms with van der Waals surface area (Å²) in [6, 6.07) is 16.9. The van der Waals surface area contributed by atoms with Gasteiger partial charge in [0.1, 0.15) is 5.82 Å². The molecule has 0 fully saturated rings. The van der Waals surface area contributed by atoms with Gasteiger partial charge in [-0.2, -0.15) is 5.21 Å². The summed E-state index contributed by atoms with van der Waals surface area (Å²) in [6.07, 6.45) is 1.99. The van der Waals surface area contributed by atoms with Gasteiger partial charge in [0.2, 0.25) is 5.82 Å². The van der Waals surface area contributed by atoms with Crippen molar-refractivity contribution in [1.82, 2.24) is 35.1 Å². The first-order valence-electron chi connectivity index (χ1n) is 13.2. The molecule has 5 rings (SSSR count). The van der Waals surface area contributed by atoms with Crippen LogP contribution in [0.15, 0.2) is 48.5 Å². The number of aromatic nitrogens is 6. The molecule has 0 unspecified atom stereocenters. The van der Waals surface area contributed by atoms with Crippen molar-refractivity contribution in [3.05, 3.63) is 65.6 Å². The van der Waals surface area contributed by atoms with Crippen LogP contribution < -0.4 is 4.90 Å². The van der Waals surface area contributed by atoms with E-state index in [2.05, 4.69) is 72.2 Å². The number of tetrazole rings is 1. The largest absolute Gasteiger partial charge is 0.383 e. The number of H-pyrrole nitrogens is 1. The summed E-state index contributed by atoms with van der Waals surface area (Å²) in [5, 5.41) is 14.6. The monoisotopic (exact) mass is 516 g/mol. The maximum absolute atomic E-state index is 5.40. The van der Waals surface area contributed by atoms with Gasteiger partial charge in [0.05, 0.1) is 25.6 Å². The summed E-state index contributed by atoms with van der Waals surface area (Å²) in [7, 11) is 3.50. The number of nitrogens with one attached hydrogen (secondary N) is 1. The quantitative estimate of drug-likeness (QED) is 0.305. The lowest BCUT2D eigenvalue weighted by Crippen LogP contribution is -2.45. The third kappa shape index (κ3) is 5.62. The van der Waals surface area contributed by atoms with Gasteiger partial charge in [0.15, 0.2) is 5.82 Å². The normalized spacial score (nSPS) is 13.7. The van der Waals surface area contributed by atoms with E-state index in [1.807, 2.05) is 18.2 Å². The highest BCUT2D eigenvalue weighted by molar-refractivity contribution is 5.80. The smallest absolute Gasteiger partial charge is 0.205 e. The highest BCUT2D eigenvalue weighted by Gasteiger charge is 2.29. The van der Waals surface area contributed by atoms with Crippen molar-refractivity contribution in [1.29, 1.82) is 0 Å². The number of hydrogen-bond donors (Lipinski definition) is 1. The number of benzene rings is 2. The van der Waals surface area contributed by atoms with E-state index in [0.717, 1.165) is 74.0 Å². The highest BCUT2D eigenvalue weighted by Crippen LogP contribution is 2.32. The number of anilines is 1. The fraction of sp³-hybridized carbons (Fsp3) is 0.429. The van der Waals surface area contributed by atoms with Crippen molar-refractivity contribution >= 4 is 5.82 Å². The fourth-order valence-electron chi connectivity index (χ4n) is 5.03. The van der Waals surface area contributed by atoms with Crippen LogP contribution in [0.4, 0.5) is 5.82 Å². The molecule has 10 heteroatoms. The third-order valence-electron chi connectivity index (χ3n) is 6.94. The van der Waals surface area contributed by atoms with Crippen LogP contribution in [0.5, 0.6) is 0 Å². The molecule has 1 aliphatic rings. The number of fused-ring (bicyclic) bond motifs is 1. The topological polar surface area (TPSA) is 97.2 Å². The SMILES string of the molecule is CCCc1nc2c(n1Cc1ccc(-c3ccccc3-c3nn[nH]n3)cc1)CN(CCOC)CN2CCOC. The van der Waals surface area contributed by atoms with E-state index in [4.69, 9.17) is 14.5 Å². The van der Waals surface area contributed by atoms with Crippen molar-refractivity contribution in [2.24, 2.45) is 0 Å². The zero-order chi connectivity index (χ0) is 26.3. The Kier molecular flexibility index (Phi) is 8.42. The number of aromatic amines is 1.